The van der Waals surface area contributed by atoms with Gasteiger partial charge >= 0.3 is 0 Å². The van der Waals surface area contributed by atoms with Crippen LogP contribution in [0.25, 0.3) is 0 Å². The first kappa shape index (κ1) is 16.5. The van der Waals surface area contributed by atoms with Gasteiger partial charge in [-0.1, -0.05) is 42.5 Å². The minimum absolute atomic E-state index is 0.0541. The van der Waals surface area contributed by atoms with Gasteiger partial charge in [0.05, 0.1) is 12.5 Å². The molecule has 0 aromatic heterocycles. The van der Waals surface area contributed by atoms with Gasteiger partial charge in [0.25, 0.3) is 0 Å². The van der Waals surface area contributed by atoms with E-state index < -0.39 is 6.10 Å². The van der Waals surface area contributed by atoms with Crippen molar-refractivity contribution in [2.24, 2.45) is 5.92 Å². The molecule has 4 heteroatoms. The lowest BCUT2D eigenvalue weighted by Gasteiger charge is -2.24. The zero-order valence-corrected chi connectivity index (χ0v) is 13.6. The third kappa shape index (κ3) is 4.59. The quantitative estimate of drug-likeness (QED) is 0.821. The molecule has 0 aliphatic heterocycles. The van der Waals surface area contributed by atoms with Crippen LogP contribution in [0.15, 0.2) is 54.6 Å². The van der Waals surface area contributed by atoms with Crippen LogP contribution < -0.4 is 0 Å². The maximum atomic E-state index is 12.7. The smallest absolute Gasteiger partial charge is 0.225 e. The SMILES string of the molecule is O=C(CC(O)c1ccccc1)N(Cc1cccc(O)c1)CC1CC1. The van der Waals surface area contributed by atoms with E-state index in [0.717, 1.165) is 30.5 Å². The minimum Gasteiger partial charge on any atom is -0.508 e. The van der Waals surface area contributed by atoms with Crippen LogP contribution in [-0.4, -0.2) is 27.6 Å². The van der Waals surface area contributed by atoms with Crippen LogP contribution in [0.5, 0.6) is 5.75 Å². The maximum absolute atomic E-state index is 12.7. The zero-order valence-electron chi connectivity index (χ0n) is 13.6. The number of carbonyl (C=O) groups excluding carboxylic acids is 1. The average molecular weight is 325 g/mol. The van der Waals surface area contributed by atoms with Crippen molar-refractivity contribution in [3.05, 3.63) is 65.7 Å². The van der Waals surface area contributed by atoms with Crippen molar-refractivity contribution in [2.45, 2.75) is 31.9 Å². The van der Waals surface area contributed by atoms with Gasteiger partial charge in [0.1, 0.15) is 5.75 Å². The lowest BCUT2D eigenvalue weighted by atomic mass is 10.1. The summed E-state index contributed by atoms with van der Waals surface area (Å²) in [7, 11) is 0. The Labute approximate surface area is 142 Å². The highest BCUT2D eigenvalue weighted by Crippen LogP contribution is 2.31. The van der Waals surface area contributed by atoms with Gasteiger partial charge in [-0.05, 0) is 42.0 Å². The number of amides is 1. The summed E-state index contributed by atoms with van der Waals surface area (Å²) in [6.07, 6.45) is 1.61. The molecule has 2 aromatic rings. The van der Waals surface area contributed by atoms with Gasteiger partial charge in [-0.2, -0.15) is 0 Å². The molecule has 2 N–H and O–H groups in total. The molecular formula is C20H23NO3. The second kappa shape index (κ2) is 7.49. The van der Waals surface area contributed by atoms with Crippen molar-refractivity contribution in [2.75, 3.05) is 6.54 Å². The lowest BCUT2D eigenvalue weighted by Crippen LogP contribution is -2.33. The van der Waals surface area contributed by atoms with Gasteiger partial charge in [-0.3, -0.25) is 4.79 Å². The van der Waals surface area contributed by atoms with E-state index in [1.807, 2.05) is 36.4 Å². The Morgan fingerprint density at radius 2 is 1.88 bits per heavy atom. The van der Waals surface area contributed by atoms with E-state index in [2.05, 4.69) is 0 Å². The van der Waals surface area contributed by atoms with E-state index >= 15 is 0 Å². The fraction of sp³-hybridized carbons (Fsp3) is 0.350. The molecule has 0 heterocycles. The lowest BCUT2D eigenvalue weighted by molar-refractivity contribution is -0.134. The third-order valence-corrected chi connectivity index (χ3v) is 4.36. The predicted octanol–water partition coefficient (Wildman–Crippen LogP) is 3.25. The number of carbonyl (C=O) groups is 1. The Balaban J connectivity index is 1.67. The number of phenolic OH excluding ortho intramolecular Hbond substituents is 1. The van der Waals surface area contributed by atoms with Crippen molar-refractivity contribution in [3.8, 4) is 5.75 Å². The summed E-state index contributed by atoms with van der Waals surface area (Å²) in [5, 5.41) is 19.9. The molecule has 1 unspecified atom stereocenters. The van der Waals surface area contributed by atoms with Gasteiger partial charge in [-0.15, -0.1) is 0 Å². The summed E-state index contributed by atoms with van der Waals surface area (Å²) < 4.78 is 0. The molecule has 0 radical (unpaired) electrons. The van der Waals surface area contributed by atoms with Crippen LogP contribution in [0.2, 0.25) is 0 Å². The summed E-state index contributed by atoms with van der Waals surface area (Å²) >= 11 is 0. The number of rotatable bonds is 7. The molecule has 1 atom stereocenters. The molecule has 0 spiro atoms. The molecule has 1 saturated carbocycles. The Morgan fingerprint density at radius 1 is 1.12 bits per heavy atom. The standard InChI is InChI=1S/C20H23NO3/c22-18-8-4-5-16(11-18)14-21(13-15-9-10-15)20(24)12-19(23)17-6-2-1-3-7-17/h1-8,11,15,19,22-23H,9-10,12-14H2. The normalized spacial score (nSPS) is 15.0. The van der Waals surface area contributed by atoms with E-state index in [0.29, 0.717) is 12.5 Å². The zero-order chi connectivity index (χ0) is 16.9. The predicted molar refractivity (Wildman–Crippen MR) is 92.3 cm³/mol. The first-order valence-corrected chi connectivity index (χ1v) is 8.40. The third-order valence-electron chi connectivity index (χ3n) is 4.36. The first-order chi connectivity index (χ1) is 11.6. The molecule has 126 valence electrons. The van der Waals surface area contributed by atoms with Crippen LogP contribution in [0.3, 0.4) is 0 Å². The largest absolute Gasteiger partial charge is 0.508 e. The van der Waals surface area contributed by atoms with E-state index in [1.54, 1.807) is 23.1 Å². The number of aromatic hydroxyl groups is 1. The maximum Gasteiger partial charge on any atom is 0.225 e. The Hall–Kier alpha value is -2.33. The van der Waals surface area contributed by atoms with Crippen molar-refractivity contribution in [3.63, 3.8) is 0 Å². The van der Waals surface area contributed by atoms with Gasteiger partial charge in [0.15, 0.2) is 0 Å². The molecule has 1 aliphatic rings. The van der Waals surface area contributed by atoms with Crippen LogP contribution in [0.1, 0.15) is 36.5 Å². The van der Waals surface area contributed by atoms with Gasteiger partial charge in [-0.25, -0.2) is 0 Å². The average Bonchev–Trinajstić information content (AvgIpc) is 3.39. The highest BCUT2D eigenvalue weighted by atomic mass is 16.3. The van der Waals surface area contributed by atoms with Crippen LogP contribution in [0, 0.1) is 5.92 Å². The Bertz CT molecular complexity index is 682. The molecule has 0 bridgehead atoms. The summed E-state index contributed by atoms with van der Waals surface area (Å²) in [5.41, 5.74) is 1.66. The summed E-state index contributed by atoms with van der Waals surface area (Å²) in [5.74, 6) is 0.720. The van der Waals surface area contributed by atoms with Crippen molar-refractivity contribution in [1.29, 1.82) is 0 Å². The van der Waals surface area contributed by atoms with Gasteiger partial charge in [0.2, 0.25) is 5.91 Å². The second-order valence-corrected chi connectivity index (χ2v) is 6.52. The highest BCUT2D eigenvalue weighted by Gasteiger charge is 2.28. The van der Waals surface area contributed by atoms with E-state index in [-0.39, 0.29) is 18.1 Å². The number of phenols is 1. The molecule has 0 saturated heterocycles. The van der Waals surface area contributed by atoms with Gasteiger partial charge < -0.3 is 15.1 Å². The number of aliphatic hydroxyl groups is 1. The molecule has 1 aliphatic carbocycles. The molecular weight excluding hydrogens is 302 g/mol. The van der Waals surface area contributed by atoms with E-state index in [1.165, 1.54) is 0 Å². The van der Waals surface area contributed by atoms with Gasteiger partial charge in [0, 0.05) is 13.1 Å². The van der Waals surface area contributed by atoms with E-state index in [9.17, 15) is 15.0 Å². The summed E-state index contributed by atoms with van der Waals surface area (Å²) in [4.78, 5) is 14.5. The van der Waals surface area contributed by atoms with Crippen LogP contribution in [0.4, 0.5) is 0 Å². The minimum atomic E-state index is -0.787. The molecule has 1 fully saturated rings. The number of nitrogens with zero attached hydrogens (tertiary/aromatic N) is 1. The first-order valence-electron chi connectivity index (χ1n) is 8.40. The Kier molecular flexibility index (Phi) is 5.16. The highest BCUT2D eigenvalue weighted by molar-refractivity contribution is 5.77. The number of benzene rings is 2. The van der Waals surface area contributed by atoms with Crippen LogP contribution >= 0.6 is 0 Å². The fourth-order valence-corrected chi connectivity index (χ4v) is 2.83. The van der Waals surface area contributed by atoms with Crippen molar-refractivity contribution in [1.82, 2.24) is 4.90 Å². The van der Waals surface area contributed by atoms with Crippen LogP contribution in [-0.2, 0) is 11.3 Å². The van der Waals surface area contributed by atoms with Crippen molar-refractivity contribution < 1.29 is 15.0 Å². The fourth-order valence-electron chi connectivity index (χ4n) is 2.83. The molecule has 1 amide bonds. The molecule has 2 aromatic carbocycles. The number of aliphatic hydroxyl groups excluding tert-OH is 1. The van der Waals surface area contributed by atoms with Crippen molar-refractivity contribution >= 4 is 5.91 Å². The second-order valence-electron chi connectivity index (χ2n) is 6.52. The molecule has 4 nitrogen and oxygen atoms in total. The monoisotopic (exact) mass is 325 g/mol. The van der Waals surface area contributed by atoms with E-state index in [4.69, 9.17) is 0 Å². The number of hydrogen-bond donors (Lipinski definition) is 2. The summed E-state index contributed by atoms with van der Waals surface area (Å²) in [6.45, 7) is 1.18. The number of hydrogen-bond acceptors (Lipinski definition) is 3. The Morgan fingerprint density at radius 3 is 2.54 bits per heavy atom. The topological polar surface area (TPSA) is 60.8 Å². The molecule has 24 heavy (non-hydrogen) atoms. The molecule has 3 rings (SSSR count). The summed E-state index contributed by atoms with van der Waals surface area (Å²) in [6, 6.07) is 16.3.